The van der Waals surface area contributed by atoms with Crippen LogP contribution in [0.3, 0.4) is 0 Å². The van der Waals surface area contributed by atoms with Crippen molar-refractivity contribution in [2.24, 2.45) is 0 Å². The van der Waals surface area contributed by atoms with E-state index >= 15 is 0 Å². The molecular weight excluding hydrogens is 310 g/mol. The molecule has 1 fully saturated rings. The van der Waals surface area contributed by atoms with Gasteiger partial charge in [-0.3, -0.25) is 4.79 Å². The molecule has 0 saturated carbocycles. The summed E-state index contributed by atoms with van der Waals surface area (Å²) >= 11 is 0. The van der Waals surface area contributed by atoms with Crippen LogP contribution in [0.4, 0.5) is 5.69 Å². The first-order valence-corrected chi connectivity index (χ1v) is 8.16. The smallest absolute Gasteiger partial charge is 0.241 e. The SMILES string of the molecule is CCN1CCN(C(=O)CNc2cc(OC)c(OC)c(OC)c2)CC1. The second kappa shape index (κ2) is 8.63. The summed E-state index contributed by atoms with van der Waals surface area (Å²) in [6, 6.07) is 3.59. The van der Waals surface area contributed by atoms with Crippen molar-refractivity contribution in [3.8, 4) is 17.2 Å². The zero-order valence-electron chi connectivity index (χ0n) is 14.9. The molecular formula is C17H27N3O4. The van der Waals surface area contributed by atoms with Gasteiger partial charge in [0.1, 0.15) is 0 Å². The third-order valence-corrected chi connectivity index (χ3v) is 4.28. The van der Waals surface area contributed by atoms with E-state index in [9.17, 15) is 4.79 Å². The van der Waals surface area contributed by atoms with Crippen LogP contribution >= 0.6 is 0 Å². The summed E-state index contributed by atoms with van der Waals surface area (Å²) in [7, 11) is 4.70. The molecule has 1 aromatic rings. The van der Waals surface area contributed by atoms with Crippen LogP contribution in [0.5, 0.6) is 17.2 Å². The average molecular weight is 337 g/mol. The van der Waals surface area contributed by atoms with Crippen molar-refractivity contribution in [3.05, 3.63) is 12.1 Å². The Balaban J connectivity index is 1.97. The number of carbonyl (C=O) groups is 1. The Morgan fingerprint density at radius 3 is 2.08 bits per heavy atom. The highest BCUT2D eigenvalue weighted by Gasteiger charge is 2.20. The van der Waals surface area contributed by atoms with Crippen molar-refractivity contribution in [2.45, 2.75) is 6.92 Å². The second-order valence-electron chi connectivity index (χ2n) is 5.58. The molecule has 0 radical (unpaired) electrons. The highest BCUT2D eigenvalue weighted by molar-refractivity contribution is 5.81. The number of hydrogen-bond acceptors (Lipinski definition) is 6. The lowest BCUT2D eigenvalue weighted by molar-refractivity contribution is -0.131. The molecule has 0 aromatic heterocycles. The van der Waals surface area contributed by atoms with Crippen molar-refractivity contribution >= 4 is 11.6 Å². The Labute approximate surface area is 143 Å². The maximum Gasteiger partial charge on any atom is 0.241 e. The van der Waals surface area contributed by atoms with Gasteiger partial charge in [0.05, 0.1) is 27.9 Å². The topological polar surface area (TPSA) is 63.3 Å². The minimum Gasteiger partial charge on any atom is -0.493 e. The first kappa shape index (κ1) is 18.2. The highest BCUT2D eigenvalue weighted by Crippen LogP contribution is 2.39. The third kappa shape index (κ3) is 4.23. The summed E-state index contributed by atoms with van der Waals surface area (Å²) in [5.74, 6) is 1.75. The summed E-state index contributed by atoms with van der Waals surface area (Å²) in [6.07, 6.45) is 0. The number of benzene rings is 1. The van der Waals surface area contributed by atoms with E-state index < -0.39 is 0 Å². The summed E-state index contributed by atoms with van der Waals surface area (Å²) in [5.41, 5.74) is 0.755. The van der Waals surface area contributed by atoms with Crippen LogP contribution in [0, 0.1) is 0 Å². The Morgan fingerprint density at radius 2 is 1.62 bits per heavy atom. The van der Waals surface area contributed by atoms with Gasteiger partial charge in [0, 0.05) is 44.0 Å². The fourth-order valence-corrected chi connectivity index (χ4v) is 2.79. The molecule has 134 valence electrons. The molecule has 7 heteroatoms. The summed E-state index contributed by atoms with van der Waals surface area (Å²) in [5, 5.41) is 3.15. The van der Waals surface area contributed by atoms with E-state index in [-0.39, 0.29) is 12.5 Å². The lowest BCUT2D eigenvalue weighted by atomic mass is 10.2. The summed E-state index contributed by atoms with van der Waals surface area (Å²) in [6.45, 7) is 6.85. The number of carbonyl (C=O) groups excluding carboxylic acids is 1. The summed E-state index contributed by atoms with van der Waals surface area (Å²) < 4.78 is 15.9. The first-order chi connectivity index (χ1) is 11.6. The molecule has 1 saturated heterocycles. The molecule has 0 spiro atoms. The molecule has 24 heavy (non-hydrogen) atoms. The van der Waals surface area contributed by atoms with Gasteiger partial charge in [0.2, 0.25) is 11.7 Å². The maximum atomic E-state index is 12.4. The normalized spacial score (nSPS) is 15.1. The van der Waals surface area contributed by atoms with Crippen molar-refractivity contribution < 1.29 is 19.0 Å². The van der Waals surface area contributed by atoms with Gasteiger partial charge in [0.25, 0.3) is 0 Å². The number of rotatable bonds is 7. The van der Waals surface area contributed by atoms with E-state index in [2.05, 4.69) is 17.1 Å². The zero-order chi connectivity index (χ0) is 17.5. The largest absolute Gasteiger partial charge is 0.493 e. The third-order valence-electron chi connectivity index (χ3n) is 4.28. The number of hydrogen-bond donors (Lipinski definition) is 1. The van der Waals surface area contributed by atoms with Crippen molar-refractivity contribution in [1.82, 2.24) is 9.80 Å². The molecule has 0 bridgehead atoms. The van der Waals surface area contributed by atoms with E-state index in [0.29, 0.717) is 17.2 Å². The van der Waals surface area contributed by atoms with Gasteiger partial charge < -0.3 is 29.3 Å². The van der Waals surface area contributed by atoms with Gasteiger partial charge in [-0.05, 0) is 6.54 Å². The molecule has 1 aromatic carbocycles. The number of piperazine rings is 1. The number of methoxy groups -OCH3 is 3. The number of nitrogens with zero attached hydrogens (tertiary/aromatic N) is 2. The Kier molecular flexibility index (Phi) is 6.54. The molecule has 1 amide bonds. The van der Waals surface area contributed by atoms with Crippen molar-refractivity contribution in [3.63, 3.8) is 0 Å². The predicted molar refractivity (Wildman–Crippen MR) is 93.3 cm³/mol. The zero-order valence-corrected chi connectivity index (χ0v) is 14.9. The Hall–Kier alpha value is -2.15. The lowest BCUT2D eigenvalue weighted by Gasteiger charge is -2.34. The Morgan fingerprint density at radius 1 is 1.04 bits per heavy atom. The molecule has 1 aliphatic heterocycles. The van der Waals surface area contributed by atoms with Crippen molar-refractivity contribution in [2.75, 3.05) is 65.9 Å². The second-order valence-corrected chi connectivity index (χ2v) is 5.58. The molecule has 1 aliphatic rings. The molecule has 7 nitrogen and oxygen atoms in total. The van der Waals surface area contributed by atoms with Gasteiger partial charge >= 0.3 is 0 Å². The fraction of sp³-hybridized carbons (Fsp3) is 0.588. The fourth-order valence-electron chi connectivity index (χ4n) is 2.79. The molecule has 0 atom stereocenters. The average Bonchev–Trinajstić information content (AvgIpc) is 2.65. The van der Waals surface area contributed by atoms with Crippen LogP contribution in [-0.2, 0) is 4.79 Å². The van der Waals surface area contributed by atoms with Crippen molar-refractivity contribution in [1.29, 1.82) is 0 Å². The quantitative estimate of drug-likeness (QED) is 0.809. The minimum absolute atomic E-state index is 0.0968. The predicted octanol–water partition coefficient (Wildman–Crippen LogP) is 1.29. The molecule has 2 rings (SSSR count). The number of likely N-dealkylation sites (N-methyl/N-ethyl adjacent to an activating group) is 1. The van der Waals surface area contributed by atoms with E-state index in [0.717, 1.165) is 38.4 Å². The molecule has 1 heterocycles. The highest BCUT2D eigenvalue weighted by atomic mass is 16.5. The van der Waals surface area contributed by atoms with Gasteiger partial charge in [-0.2, -0.15) is 0 Å². The monoisotopic (exact) mass is 337 g/mol. The number of nitrogens with one attached hydrogen (secondary N) is 1. The van der Waals surface area contributed by atoms with Crippen LogP contribution in [0.25, 0.3) is 0 Å². The van der Waals surface area contributed by atoms with E-state index in [4.69, 9.17) is 14.2 Å². The van der Waals surface area contributed by atoms with Gasteiger partial charge in [0.15, 0.2) is 11.5 Å². The van der Waals surface area contributed by atoms with Gasteiger partial charge in [-0.25, -0.2) is 0 Å². The van der Waals surface area contributed by atoms with Crippen LogP contribution in [-0.4, -0.2) is 76.3 Å². The molecule has 0 unspecified atom stereocenters. The van der Waals surface area contributed by atoms with Crippen LogP contribution in [0.2, 0.25) is 0 Å². The number of amides is 1. The van der Waals surface area contributed by atoms with Gasteiger partial charge in [-0.15, -0.1) is 0 Å². The van der Waals surface area contributed by atoms with Crippen LogP contribution in [0.1, 0.15) is 6.92 Å². The minimum atomic E-state index is 0.0968. The maximum absolute atomic E-state index is 12.4. The lowest BCUT2D eigenvalue weighted by Crippen LogP contribution is -2.49. The van der Waals surface area contributed by atoms with Gasteiger partial charge in [-0.1, -0.05) is 6.92 Å². The number of anilines is 1. The van der Waals surface area contributed by atoms with Crippen LogP contribution in [0.15, 0.2) is 12.1 Å². The standard InChI is InChI=1S/C17H27N3O4/c1-5-19-6-8-20(9-7-19)16(21)12-18-13-10-14(22-2)17(24-4)15(11-13)23-3/h10-11,18H,5-9,12H2,1-4H3. The summed E-state index contributed by atoms with van der Waals surface area (Å²) in [4.78, 5) is 16.6. The molecule has 1 N–H and O–H groups in total. The Bertz CT molecular complexity index is 532. The number of ether oxygens (including phenoxy) is 3. The van der Waals surface area contributed by atoms with E-state index in [1.165, 1.54) is 0 Å². The molecule has 0 aliphatic carbocycles. The van der Waals surface area contributed by atoms with Crippen LogP contribution < -0.4 is 19.5 Å². The first-order valence-electron chi connectivity index (χ1n) is 8.16. The van der Waals surface area contributed by atoms with E-state index in [1.807, 2.05) is 4.90 Å². The van der Waals surface area contributed by atoms with E-state index in [1.54, 1.807) is 33.5 Å².